The molecule has 27 heavy (non-hydrogen) atoms. The van der Waals surface area contributed by atoms with Crippen molar-refractivity contribution in [3.8, 4) is 11.5 Å². The van der Waals surface area contributed by atoms with E-state index < -0.39 is 39.0 Å². The first-order valence-electron chi connectivity index (χ1n) is 8.08. The number of allylic oxidation sites excluding steroid dienone is 1. The third-order valence-electron chi connectivity index (χ3n) is 4.88. The number of hydrogen-bond donors (Lipinski definition) is 2. The van der Waals surface area contributed by atoms with Gasteiger partial charge < -0.3 is 10.2 Å². The third-order valence-corrected chi connectivity index (χ3v) is 6.26. The van der Waals surface area contributed by atoms with Crippen LogP contribution in [0, 0.1) is 5.92 Å². The van der Waals surface area contributed by atoms with Gasteiger partial charge in [-0.2, -0.15) is 8.42 Å². The van der Waals surface area contributed by atoms with Crippen LogP contribution in [-0.4, -0.2) is 30.2 Å². The van der Waals surface area contributed by atoms with Gasteiger partial charge in [0.15, 0.2) is 11.5 Å². The summed E-state index contributed by atoms with van der Waals surface area (Å²) < 4.78 is 30.9. The fraction of sp³-hybridized carbons (Fsp3) is 0.158. The van der Waals surface area contributed by atoms with E-state index >= 15 is 0 Å². The van der Waals surface area contributed by atoms with Crippen molar-refractivity contribution in [1.29, 1.82) is 0 Å². The topological polar surface area (TPSA) is 118 Å². The van der Waals surface area contributed by atoms with Gasteiger partial charge in [-0.25, -0.2) is 4.18 Å². The molecule has 0 fully saturated rings. The standard InChI is InChI=1S/C19H14O7S/c20-14-7-5-11(9-16(14)22)19(12-6-8-15(21)17(23)10-12)13-3-1-2-4-18(13)27(24,25)26-19/h1-9,12,20,22H,10H2/t12-,19+/m0/s1. The molecule has 1 aliphatic heterocycles. The van der Waals surface area contributed by atoms with E-state index in [4.69, 9.17) is 4.18 Å². The molecule has 0 saturated heterocycles. The van der Waals surface area contributed by atoms with Gasteiger partial charge in [-0.05, 0) is 29.8 Å². The molecule has 0 amide bonds. The molecule has 0 bridgehead atoms. The van der Waals surface area contributed by atoms with Gasteiger partial charge in [-0.15, -0.1) is 0 Å². The highest BCUT2D eigenvalue weighted by atomic mass is 32.2. The summed E-state index contributed by atoms with van der Waals surface area (Å²) in [4.78, 5) is 23.6. The highest BCUT2D eigenvalue weighted by Gasteiger charge is 2.55. The van der Waals surface area contributed by atoms with Crippen LogP contribution in [0.4, 0.5) is 0 Å². The first kappa shape index (κ1) is 17.4. The Bertz CT molecular complexity index is 1120. The molecule has 0 radical (unpaired) electrons. The maximum absolute atomic E-state index is 12.7. The van der Waals surface area contributed by atoms with Gasteiger partial charge in [0, 0.05) is 17.9 Å². The van der Waals surface area contributed by atoms with Crippen molar-refractivity contribution in [2.45, 2.75) is 16.9 Å². The Kier molecular flexibility index (Phi) is 3.72. The number of phenols is 2. The minimum atomic E-state index is -4.14. The van der Waals surface area contributed by atoms with E-state index in [-0.39, 0.29) is 22.6 Å². The number of carbonyl (C=O) groups excluding carboxylic acids is 2. The van der Waals surface area contributed by atoms with Crippen LogP contribution >= 0.6 is 0 Å². The SMILES string of the molecule is O=C1C=C[C@H]([C@@]2(c3ccc(O)c(O)c3)OS(=O)(=O)c3ccccc32)CC1=O. The quantitative estimate of drug-likeness (QED) is 0.459. The second-order valence-corrected chi connectivity index (χ2v) is 7.94. The van der Waals surface area contributed by atoms with Crippen LogP contribution in [-0.2, 0) is 29.5 Å². The number of hydrogen-bond acceptors (Lipinski definition) is 7. The molecule has 0 unspecified atom stereocenters. The number of fused-ring (bicyclic) bond motifs is 1. The Balaban J connectivity index is 2.03. The summed E-state index contributed by atoms with van der Waals surface area (Å²) in [6, 6.07) is 9.98. The molecule has 1 aliphatic carbocycles. The molecule has 8 heteroatoms. The van der Waals surface area contributed by atoms with Crippen LogP contribution < -0.4 is 0 Å². The van der Waals surface area contributed by atoms with Crippen molar-refractivity contribution in [3.05, 3.63) is 65.7 Å². The van der Waals surface area contributed by atoms with Gasteiger partial charge in [-0.1, -0.05) is 30.3 Å². The van der Waals surface area contributed by atoms with Gasteiger partial charge in [0.05, 0.1) is 0 Å². The molecule has 0 spiro atoms. The van der Waals surface area contributed by atoms with E-state index in [9.17, 15) is 28.2 Å². The normalized spacial score (nSPS) is 26.1. The minimum absolute atomic E-state index is 0.0460. The molecule has 1 heterocycles. The number of carbonyl (C=O) groups is 2. The van der Waals surface area contributed by atoms with Crippen molar-refractivity contribution < 1.29 is 32.4 Å². The number of Topliss-reactive ketones (excluding diaryl/α,β-unsaturated/α-hetero) is 1. The summed E-state index contributed by atoms with van der Waals surface area (Å²) in [5.74, 6) is -2.96. The zero-order chi connectivity index (χ0) is 19.4. The third kappa shape index (κ3) is 2.48. The lowest BCUT2D eigenvalue weighted by molar-refractivity contribution is -0.135. The molecule has 4 rings (SSSR count). The highest BCUT2D eigenvalue weighted by molar-refractivity contribution is 7.87. The smallest absolute Gasteiger partial charge is 0.298 e. The molecule has 0 saturated carbocycles. The van der Waals surface area contributed by atoms with Crippen molar-refractivity contribution in [2.24, 2.45) is 5.92 Å². The molecule has 2 aliphatic rings. The Hall–Kier alpha value is -2.97. The largest absolute Gasteiger partial charge is 0.504 e. The summed E-state index contributed by atoms with van der Waals surface area (Å²) in [6.45, 7) is 0. The number of ketones is 2. The van der Waals surface area contributed by atoms with E-state index in [1.165, 1.54) is 30.3 Å². The predicted octanol–water partition coefficient (Wildman–Crippen LogP) is 1.77. The van der Waals surface area contributed by atoms with Crippen LogP contribution in [0.2, 0.25) is 0 Å². The van der Waals surface area contributed by atoms with E-state index in [0.29, 0.717) is 5.56 Å². The second kappa shape index (κ2) is 5.77. The van der Waals surface area contributed by atoms with E-state index in [0.717, 1.165) is 6.08 Å². The molecule has 7 nitrogen and oxygen atoms in total. The maximum Gasteiger partial charge on any atom is 0.298 e. The highest BCUT2D eigenvalue weighted by Crippen LogP contribution is 2.53. The molecular weight excluding hydrogens is 372 g/mol. The van der Waals surface area contributed by atoms with Crippen LogP contribution in [0.1, 0.15) is 17.5 Å². The van der Waals surface area contributed by atoms with Gasteiger partial charge in [0.25, 0.3) is 10.1 Å². The van der Waals surface area contributed by atoms with Gasteiger partial charge in [0.2, 0.25) is 11.6 Å². The molecular formula is C19H14O7S. The lowest BCUT2D eigenvalue weighted by atomic mass is 9.72. The summed E-state index contributed by atoms with van der Waals surface area (Å²) >= 11 is 0. The van der Waals surface area contributed by atoms with Crippen molar-refractivity contribution >= 4 is 21.7 Å². The average Bonchev–Trinajstić information content (AvgIpc) is 2.89. The molecule has 2 aromatic carbocycles. The average molecular weight is 386 g/mol. The van der Waals surface area contributed by atoms with E-state index in [2.05, 4.69) is 0 Å². The van der Waals surface area contributed by atoms with Gasteiger partial charge >= 0.3 is 0 Å². The first-order valence-corrected chi connectivity index (χ1v) is 9.49. The number of aromatic hydroxyl groups is 2. The van der Waals surface area contributed by atoms with E-state index in [1.807, 2.05) is 0 Å². The lowest BCUT2D eigenvalue weighted by Crippen LogP contribution is -2.39. The zero-order valence-electron chi connectivity index (χ0n) is 13.8. The summed E-state index contributed by atoms with van der Waals surface area (Å²) in [6.07, 6.45) is 2.31. The van der Waals surface area contributed by atoms with Gasteiger partial charge in [0.1, 0.15) is 10.5 Å². The van der Waals surface area contributed by atoms with Crippen molar-refractivity contribution in [2.75, 3.05) is 0 Å². The van der Waals surface area contributed by atoms with Gasteiger partial charge in [-0.3, -0.25) is 9.59 Å². The first-order chi connectivity index (χ1) is 12.8. The van der Waals surface area contributed by atoms with Crippen LogP contribution in [0.3, 0.4) is 0 Å². The van der Waals surface area contributed by atoms with Crippen LogP contribution in [0.5, 0.6) is 11.5 Å². The Morgan fingerprint density at radius 3 is 2.48 bits per heavy atom. The van der Waals surface area contributed by atoms with Crippen molar-refractivity contribution in [1.82, 2.24) is 0 Å². The Morgan fingerprint density at radius 2 is 1.78 bits per heavy atom. The monoisotopic (exact) mass is 386 g/mol. The molecule has 2 atom stereocenters. The molecule has 2 aromatic rings. The predicted molar refractivity (Wildman–Crippen MR) is 92.5 cm³/mol. The molecule has 138 valence electrons. The van der Waals surface area contributed by atoms with Crippen LogP contribution in [0.25, 0.3) is 0 Å². The zero-order valence-corrected chi connectivity index (χ0v) is 14.6. The maximum atomic E-state index is 12.7. The molecule has 2 N–H and O–H groups in total. The van der Waals surface area contributed by atoms with Crippen molar-refractivity contribution in [3.63, 3.8) is 0 Å². The second-order valence-electron chi connectivity index (χ2n) is 6.43. The molecule has 0 aromatic heterocycles. The summed E-state index contributed by atoms with van der Waals surface area (Å²) in [5, 5.41) is 19.6. The number of rotatable bonds is 2. The summed E-state index contributed by atoms with van der Waals surface area (Å²) in [5.41, 5.74) is -1.11. The minimum Gasteiger partial charge on any atom is -0.504 e. The number of benzene rings is 2. The Morgan fingerprint density at radius 1 is 1.04 bits per heavy atom. The lowest BCUT2D eigenvalue weighted by Gasteiger charge is -2.36. The summed E-state index contributed by atoms with van der Waals surface area (Å²) in [7, 11) is -4.14. The fourth-order valence-corrected chi connectivity index (χ4v) is 5.11. The van der Waals surface area contributed by atoms with E-state index in [1.54, 1.807) is 18.2 Å². The Labute approximate surface area is 154 Å². The fourth-order valence-electron chi connectivity index (χ4n) is 3.63. The number of phenolic OH excluding ortho intramolecular Hbond substituents is 2. The van der Waals surface area contributed by atoms with Crippen LogP contribution in [0.15, 0.2) is 59.5 Å².